The van der Waals surface area contributed by atoms with Gasteiger partial charge < -0.3 is 19.9 Å². The number of nitrogens with one attached hydrogen (secondary N) is 2. The van der Waals surface area contributed by atoms with Crippen LogP contribution in [0.3, 0.4) is 0 Å². The highest BCUT2D eigenvalue weighted by molar-refractivity contribution is 5.78. The number of rotatable bonds is 6. The standard InChI is InChI=1S/C15H20N4O2/c1-16-10-13(20)18-14(15-17-8-9-19(15)2)11-4-6-12(21-3)7-5-11/h4-9,14,16H,10H2,1-3H3,(H,18,20). The maximum Gasteiger partial charge on any atom is 0.234 e. The Kier molecular flexibility index (Phi) is 4.94. The topological polar surface area (TPSA) is 68.2 Å². The van der Waals surface area contributed by atoms with Crippen LogP contribution in [-0.2, 0) is 11.8 Å². The van der Waals surface area contributed by atoms with E-state index in [2.05, 4.69) is 15.6 Å². The van der Waals surface area contributed by atoms with Gasteiger partial charge in [-0.15, -0.1) is 0 Å². The zero-order chi connectivity index (χ0) is 15.2. The van der Waals surface area contributed by atoms with Crippen molar-refractivity contribution in [2.24, 2.45) is 7.05 Å². The van der Waals surface area contributed by atoms with Gasteiger partial charge in [-0.3, -0.25) is 4.79 Å². The molecule has 0 aliphatic carbocycles. The van der Waals surface area contributed by atoms with E-state index in [-0.39, 0.29) is 18.5 Å². The highest BCUT2D eigenvalue weighted by atomic mass is 16.5. The van der Waals surface area contributed by atoms with E-state index in [0.717, 1.165) is 17.1 Å². The first-order valence-corrected chi connectivity index (χ1v) is 6.71. The van der Waals surface area contributed by atoms with E-state index in [1.54, 1.807) is 20.4 Å². The number of amides is 1. The van der Waals surface area contributed by atoms with Crippen LogP contribution >= 0.6 is 0 Å². The first kappa shape index (κ1) is 15.1. The Morgan fingerprint density at radius 1 is 1.38 bits per heavy atom. The molecule has 1 atom stereocenters. The second kappa shape index (κ2) is 6.90. The molecule has 1 aromatic heterocycles. The third kappa shape index (κ3) is 3.61. The molecule has 1 amide bonds. The van der Waals surface area contributed by atoms with Crippen LogP contribution in [0.25, 0.3) is 0 Å². The van der Waals surface area contributed by atoms with E-state index >= 15 is 0 Å². The van der Waals surface area contributed by atoms with Gasteiger partial charge in [0, 0.05) is 19.4 Å². The van der Waals surface area contributed by atoms with Crippen molar-refractivity contribution >= 4 is 5.91 Å². The van der Waals surface area contributed by atoms with Crippen molar-refractivity contribution in [3.8, 4) is 5.75 Å². The number of hydrogen-bond donors (Lipinski definition) is 2. The number of carbonyl (C=O) groups is 1. The Hall–Kier alpha value is -2.34. The summed E-state index contributed by atoms with van der Waals surface area (Å²) in [7, 11) is 5.27. The number of likely N-dealkylation sites (N-methyl/N-ethyl adjacent to an activating group) is 1. The van der Waals surface area contributed by atoms with E-state index in [9.17, 15) is 4.79 Å². The van der Waals surface area contributed by atoms with Crippen molar-refractivity contribution in [1.29, 1.82) is 0 Å². The third-order valence-electron chi connectivity index (χ3n) is 3.21. The van der Waals surface area contributed by atoms with Gasteiger partial charge >= 0.3 is 0 Å². The summed E-state index contributed by atoms with van der Waals surface area (Å²) in [5.41, 5.74) is 0.953. The third-order valence-corrected chi connectivity index (χ3v) is 3.21. The fraction of sp³-hybridized carbons (Fsp3) is 0.333. The molecule has 0 radical (unpaired) electrons. The molecule has 21 heavy (non-hydrogen) atoms. The van der Waals surface area contributed by atoms with Gasteiger partial charge in [0.25, 0.3) is 0 Å². The molecule has 0 saturated carbocycles. The van der Waals surface area contributed by atoms with Crippen LogP contribution in [0, 0.1) is 0 Å². The average molecular weight is 288 g/mol. The van der Waals surface area contributed by atoms with Crippen molar-refractivity contribution in [2.45, 2.75) is 6.04 Å². The Balaban J connectivity index is 2.30. The fourth-order valence-electron chi connectivity index (χ4n) is 2.12. The summed E-state index contributed by atoms with van der Waals surface area (Å²) in [6, 6.07) is 7.30. The molecule has 2 aromatic rings. The minimum Gasteiger partial charge on any atom is -0.497 e. The molecule has 2 N–H and O–H groups in total. The zero-order valence-corrected chi connectivity index (χ0v) is 12.5. The number of benzene rings is 1. The highest BCUT2D eigenvalue weighted by Gasteiger charge is 2.20. The molecule has 0 saturated heterocycles. The Morgan fingerprint density at radius 2 is 2.10 bits per heavy atom. The largest absolute Gasteiger partial charge is 0.497 e. The molecule has 0 fully saturated rings. The normalized spacial score (nSPS) is 12.0. The summed E-state index contributed by atoms with van der Waals surface area (Å²) < 4.78 is 7.06. The molecule has 1 aromatic carbocycles. The van der Waals surface area contributed by atoms with Crippen LogP contribution < -0.4 is 15.4 Å². The molecular formula is C15H20N4O2. The van der Waals surface area contributed by atoms with E-state index in [1.165, 1.54) is 0 Å². The van der Waals surface area contributed by atoms with Gasteiger partial charge in [-0.2, -0.15) is 0 Å². The Labute approximate surface area is 124 Å². The van der Waals surface area contributed by atoms with Crippen LogP contribution in [-0.4, -0.2) is 36.2 Å². The maximum absolute atomic E-state index is 11.9. The molecule has 0 aliphatic rings. The SMILES string of the molecule is CNCC(=O)NC(c1ccc(OC)cc1)c1nccn1C. The number of carbonyl (C=O) groups excluding carboxylic acids is 1. The lowest BCUT2D eigenvalue weighted by Crippen LogP contribution is -2.36. The molecule has 1 heterocycles. The summed E-state index contributed by atoms with van der Waals surface area (Å²) in [6.07, 6.45) is 3.58. The van der Waals surface area contributed by atoms with Crippen molar-refractivity contribution < 1.29 is 9.53 Å². The number of methoxy groups -OCH3 is 1. The molecule has 6 heteroatoms. The highest BCUT2D eigenvalue weighted by Crippen LogP contribution is 2.22. The first-order chi connectivity index (χ1) is 10.2. The average Bonchev–Trinajstić information content (AvgIpc) is 2.91. The van der Waals surface area contributed by atoms with Gasteiger partial charge in [-0.25, -0.2) is 4.98 Å². The first-order valence-electron chi connectivity index (χ1n) is 6.71. The second-order valence-corrected chi connectivity index (χ2v) is 4.70. The van der Waals surface area contributed by atoms with Gasteiger partial charge in [0.05, 0.1) is 13.7 Å². The lowest BCUT2D eigenvalue weighted by atomic mass is 10.1. The van der Waals surface area contributed by atoms with Crippen molar-refractivity contribution in [3.05, 3.63) is 48.0 Å². The Morgan fingerprint density at radius 3 is 2.62 bits per heavy atom. The van der Waals surface area contributed by atoms with E-state index < -0.39 is 0 Å². The van der Waals surface area contributed by atoms with Gasteiger partial charge in [-0.1, -0.05) is 12.1 Å². The van der Waals surface area contributed by atoms with Crippen LogP contribution in [0.2, 0.25) is 0 Å². The Bertz CT molecular complexity index is 592. The second-order valence-electron chi connectivity index (χ2n) is 4.70. The molecule has 2 rings (SSSR count). The summed E-state index contributed by atoms with van der Waals surface area (Å²) >= 11 is 0. The molecule has 6 nitrogen and oxygen atoms in total. The number of aromatic nitrogens is 2. The summed E-state index contributed by atoms with van der Waals surface area (Å²) in [6.45, 7) is 0.261. The maximum atomic E-state index is 11.9. The minimum absolute atomic E-state index is 0.0821. The quantitative estimate of drug-likeness (QED) is 0.827. The van der Waals surface area contributed by atoms with Gasteiger partial charge in [0.2, 0.25) is 5.91 Å². The molecule has 112 valence electrons. The van der Waals surface area contributed by atoms with Gasteiger partial charge in [0.15, 0.2) is 0 Å². The van der Waals surface area contributed by atoms with E-state index in [0.29, 0.717) is 0 Å². The number of hydrogen-bond acceptors (Lipinski definition) is 4. The molecule has 0 bridgehead atoms. The van der Waals surface area contributed by atoms with Crippen LogP contribution in [0.15, 0.2) is 36.7 Å². The van der Waals surface area contributed by atoms with Crippen LogP contribution in [0.1, 0.15) is 17.4 Å². The zero-order valence-electron chi connectivity index (χ0n) is 12.5. The van der Waals surface area contributed by atoms with Gasteiger partial charge in [-0.05, 0) is 24.7 Å². The van der Waals surface area contributed by atoms with Crippen LogP contribution in [0.4, 0.5) is 0 Å². The summed E-state index contributed by atoms with van der Waals surface area (Å²) in [5, 5.41) is 5.83. The van der Waals surface area contributed by atoms with Crippen LogP contribution in [0.5, 0.6) is 5.75 Å². The monoisotopic (exact) mass is 288 g/mol. The smallest absolute Gasteiger partial charge is 0.234 e. The van der Waals surface area contributed by atoms with Crippen molar-refractivity contribution in [2.75, 3.05) is 20.7 Å². The van der Waals surface area contributed by atoms with Gasteiger partial charge in [0.1, 0.15) is 17.6 Å². The summed E-state index contributed by atoms with van der Waals surface area (Å²) in [5.74, 6) is 1.48. The molecule has 0 spiro atoms. The minimum atomic E-state index is -0.295. The molecule has 1 unspecified atom stereocenters. The molecule has 0 aliphatic heterocycles. The lowest BCUT2D eigenvalue weighted by Gasteiger charge is -2.19. The number of ether oxygens (including phenoxy) is 1. The number of aryl methyl sites for hydroxylation is 1. The fourth-order valence-corrected chi connectivity index (χ4v) is 2.12. The van der Waals surface area contributed by atoms with Crippen molar-refractivity contribution in [1.82, 2.24) is 20.2 Å². The summed E-state index contributed by atoms with van der Waals surface area (Å²) in [4.78, 5) is 16.3. The van der Waals surface area contributed by atoms with Crippen molar-refractivity contribution in [3.63, 3.8) is 0 Å². The van der Waals surface area contributed by atoms with E-state index in [4.69, 9.17) is 4.74 Å². The molecular weight excluding hydrogens is 268 g/mol. The predicted molar refractivity (Wildman–Crippen MR) is 80.1 cm³/mol. The predicted octanol–water partition coefficient (Wildman–Crippen LogP) is 0.854. The lowest BCUT2D eigenvalue weighted by molar-refractivity contribution is -0.120. The number of imidazole rings is 1. The van der Waals surface area contributed by atoms with E-state index in [1.807, 2.05) is 42.1 Å². The number of nitrogens with zero attached hydrogens (tertiary/aromatic N) is 2.